The molecule has 76 valence electrons. The first-order valence-corrected chi connectivity index (χ1v) is 6.00. The molecule has 0 saturated heterocycles. The van der Waals surface area contributed by atoms with Crippen molar-refractivity contribution in [2.45, 2.75) is 9.92 Å². The van der Waals surface area contributed by atoms with Crippen molar-refractivity contribution in [2.75, 3.05) is 5.73 Å². The lowest BCUT2D eigenvalue weighted by Gasteiger charge is -2.01. The highest BCUT2D eigenvalue weighted by atomic mass is 79.9. The normalized spacial score (nSPS) is 10.2. The molecule has 0 unspecified atom stereocenters. The Kier molecular flexibility index (Phi) is 3.28. The van der Waals surface area contributed by atoms with E-state index >= 15 is 0 Å². The zero-order chi connectivity index (χ0) is 10.7. The Morgan fingerprint density at radius 2 is 1.80 bits per heavy atom. The monoisotopic (exact) mass is 280 g/mol. The standard InChI is InChI=1S/C11H9BrN2S/c12-8-1-4-10(5-2-8)15-11-6-3-9(13)7-14-11/h1-7H,13H2. The molecule has 2 N–H and O–H groups in total. The van der Waals surface area contributed by atoms with Gasteiger partial charge in [-0.2, -0.15) is 0 Å². The van der Waals surface area contributed by atoms with E-state index in [0.29, 0.717) is 5.69 Å². The third-order valence-electron chi connectivity index (χ3n) is 1.80. The van der Waals surface area contributed by atoms with E-state index in [9.17, 15) is 0 Å². The van der Waals surface area contributed by atoms with Crippen LogP contribution in [-0.2, 0) is 0 Å². The van der Waals surface area contributed by atoms with Gasteiger partial charge in [-0.05, 0) is 36.4 Å². The number of nitrogen functional groups attached to an aromatic ring is 1. The molecular formula is C11H9BrN2S. The van der Waals surface area contributed by atoms with Crippen molar-refractivity contribution >= 4 is 33.4 Å². The van der Waals surface area contributed by atoms with Crippen molar-refractivity contribution in [3.63, 3.8) is 0 Å². The predicted octanol–water partition coefficient (Wildman–Crippen LogP) is 3.58. The molecule has 0 aliphatic carbocycles. The molecule has 2 aromatic rings. The largest absolute Gasteiger partial charge is 0.397 e. The van der Waals surface area contributed by atoms with Gasteiger partial charge in [0.1, 0.15) is 5.03 Å². The summed E-state index contributed by atoms with van der Waals surface area (Å²) in [6, 6.07) is 11.9. The zero-order valence-corrected chi connectivity index (χ0v) is 10.3. The number of aromatic nitrogens is 1. The minimum atomic E-state index is 0.690. The van der Waals surface area contributed by atoms with Crippen LogP contribution in [0.3, 0.4) is 0 Å². The van der Waals surface area contributed by atoms with Gasteiger partial charge in [0.25, 0.3) is 0 Å². The van der Waals surface area contributed by atoms with Crippen molar-refractivity contribution < 1.29 is 0 Å². The average molecular weight is 281 g/mol. The fourth-order valence-corrected chi connectivity index (χ4v) is 2.09. The first-order chi connectivity index (χ1) is 7.24. The van der Waals surface area contributed by atoms with Crippen molar-refractivity contribution in [2.24, 2.45) is 0 Å². The van der Waals surface area contributed by atoms with E-state index in [1.54, 1.807) is 18.0 Å². The number of benzene rings is 1. The van der Waals surface area contributed by atoms with Crippen LogP contribution in [0.5, 0.6) is 0 Å². The molecule has 0 aliphatic heterocycles. The quantitative estimate of drug-likeness (QED) is 0.914. The van der Waals surface area contributed by atoms with Crippen LogP contribution >= 0.6 is 27.7 Å². The third-order valence-corrected chi connectivity index (χ3v) is 3.28. The van der Waals surface area contributed by atoms with E-state index in [-0.39, 0.29) is 0 Å². The van der Waals surface area contributed by atoms with Crippen LogP contribution in [0.1, 0.15) is 0 Å². The highest BCUT2D eigenvalue weighted by Crippen LogP contribution is 2.27. The molecule has 0 fully saturated rings. The number of pyridine rings is 1. The molecule has 2 nitrogen and oxygen atoms in total. The summed E-state index contributed by atoms with van der Waals surface area (Å²) >= 11 is 5.02. The SMILES string of the molecule is Nc1ccc(Sc2ccc(Br)cc2)nc1. The Morgan fingerprint density at radius 3 is 2.40 bits per heavy atom. The van der Waals surface area contributed by atoms with Gasteiger partial charge in [-0.25, -0.2) is 4.98 Å². The van der Waals surface area contributed by atoms with Gasteiger partial charge >= 0.3 is 0 Å². The fourth-order valence-electron chi connectivity index (χ4n) is 1.08. The molecule has 0 aliphatic rings. The maximum absolute atomic E-state index is 5.56. The second kappa shape index (κ2) is 4.68. The number of nitrogens with two attached hydrogens (primary N) is 1. The zero-order valence-electron chi connectivity index (χ0n) is 7.85. The van der Waals surface area contributed by atoms with Crippen LogP contribution in [0.2, 0.25) is 0 Å². The fraction of sp³-hybridized carbons (Fsp3) is 0. The summed E-state index contributed by atoms with van der Waals surface area (Å²) in [4.78, 5) is 5.38. The first-order valence-electron chi connectivity index (χ1n) is 4.39. The van der Waals surface area contributed by atoms with Gasteiger partial charge < -0.3 is 5.73 Å². The van der Waals surface area contributed by atoms with Crippen LogP contribution in [-0.4, -0.2) is 4.98 Å². The van der Waals surface area contributed by atoms with E-state index in [1.807, 2.05) is 36.4 Å². The van der Waals surface area contributed by atoms with Crippen LogP contribution in [0.25, 0.3) is 0 Å². The van der Waals surface area contributed by atoms with E-state index in [1.165, 1.54) is 0 Å². The minimum Gasteiger partial charge on any atom is -0.397 e. The third kappa shape index (κ3) is 2.97. The summed E-state index contributed by atoms with van der Waals surface area (Å²) in [7, 11) is 0. The Labute approximate surface area is 101 Å². The van der Waals surface area contributed by atoms with Crippen molar-refractivity contribution in [3.05, 3.63) is 47.1 Å². The van der Waals surface area contributed by atoms with E-state index in [2.05, 4.69) is 20.9 Å². The second-order valence-corrected chi connectivity index (χ2v) is 5.00. The molecule has 0 atom stereocenters. The second-order valence-electron chi connectivity index (χ2n) is 2.99. The maximum Gasteiger partial charge on any atom is 0.101 e. The van der Waals surface area contributed by atoms with Gasteiger partial charge in [-0.3, -0.25) is 0 Å². The highest BCUT2D eigenvalue weighted by molar-refractivity contribution is 9.10. The molecule has 4 heteroatoms. The van der Waals surface area contributed by atoms with Crippen molar-refractivity contribution in [1.82, 2.24) is 4.98 Å². The molecule has 0 spiro atoms. The number of rotatable bonds is 2. The predicted molar refractivity (Wildman–Crippen MR) is 66.9 cm³/mol. The Morgan fingerprint density at radius 1 is 1.07 bits per heavy atom. The number of hydrogen-bond acceptors (Lipinski definition) is 3. The Balaban J connectivity index is 2.15. The maximum atomic E-state index is 5.56. The molecule has 1 aromatic heterocycles. The summed E-state index contributed by atoms with van der Waals surface area (Å²) in [6.45, 7) is 0. The molecular weight excluding hydrogens is 272 g/mol. The summed E-state index contributed by atoms with van der Waals surface area (Å²) in [5.41, 5.74) is 6.25. The molecule has 1 aromatic carbocycles. The lowest BCUT2D eigenvalue weighted by molar-refractivity contribution is 1.14. The summed E-state index contributed by atoms with van der Waals surface area (Å²) in [5, 5.41) is 0.950. The molecule has 0 bridgehead atoms. The van der Waals surface area contributed by atoms with Gasteiger partial charge in [0, 0.05) is 9.37 Å². The van der Waals surface area contributed by atoms with E-state index in [4.69, 9.17) is 5.73 Å². The summed E-state index contributed by atoms with van der Waals surface area (Å²) < 4.78 is 1.08. The summed E-state index contributed by atoms with van der Waals surface area (Å²) in [5.74, 6) is 0. The van der Waals surface area contributed by atoms with Crippen LogP contribution < -0.4 is 5.73 Å². The van der Waals surface area contributed by atoms with Crippen molar-refractivity contribution in [3.8, 4) is 0 Å². The number of nitrogens with zero attached hydrogens (tertiary/aromatic N) is 1. The Bertz CT molecular complexity index is 396. The number of anilines is 1. The van der Waals surface area contributed by atoms with Crippen LogP contribution in [0.15, 0.2) is 57.0 Å². The molecule has 0 amide bonds. The van der Waals surface area contributed by atoms with Crippen molar-refractivity contribution in [1.29, 1.82) is 0 Å². The van der Waals surface area contributed by atoms with Gasteiger partial charge in [0.05, 0.1) is 11.9 Å². The number of halogens is 1. The highest BCUT2D eigenvalue weighted by Gasteiger charge is 1.98. The van der Waals surface area contributed by atoms with Gasteiger partial charge in [-0.1, -0.05) is 27.7 Å². The van der Waals surface area contributed by atoms with Gasteiger partial charge in [0.2, 0.25) is 0 Å². The average Bonchev–Trinajstić information content (AvgIpc) is 2.25. The molecule has 1 heterocycles. The molecule has 2 rings (SSSR count). The topological polar surface area (TPSA) is 38.9 Å². The molecule has 0 saturated carbocycles. The minimum absolute atomic E-state index is 0.690. The van der Waals surface area contributed by atoms with E-state index < -0.39 is 0 Å². The lowest BCUT2D eigenvalue weighted by Crippen LogP contribution is -1.86. The smallest absolute Gasteiger partial charge is 0.101 e. The van der Waals surface area contributed by atoms with Gasteiger partial charge in [-0.15, -0.1) is 0 Å². The molecule has 15 heavy (non-hydrogen) atoms. The summed E-state index contributed by atoms with van der Waals surface area (Å²) in [6.07, 6.45) is 1.67. The first kappa shape index (κ1) is 10.5. The Hall–Kier alpha value is -1.00. The lowest BCUT2D eigenvalue weighted by atomic mass is 10.4. The molecule has 0 radical (unpaired) electrons. The van der Waals surface area contributed by atoms with Crippen LogP contribution in [0, 0.1) is 0 Å². The van der Waals surface area contributed by atoms with Gasteiger partial charge in [0.15, 0.2) is 0 Å². The number of hydrogen-bond donors (Lipinski definition) is 1. The van der Waals surface area contributed by atoms with Crippen LogP contribution in [0.4, 0.5) is 5.69 Å². The van der Waals surface area contributed by atoms with E-state index in [0.717, 1.165) is 14.4 Å².